The zero-order chi connectivity index (χ0) is 40.4. The first-order valence-corrected chi connectivity index (χ1v) is 21.6. The second-order valence-corrected chi connectivity index (χ2v) is 15.9. The number of fused-ring (bicyclic) bond motifs is 6. The number of benzene rings is 8. The lowest BCUT2D eigenvalue weighted by atomic mass is 10.00. The molecule has 0 aliphatic heterocycles. The molecule has 0 amide bonds. The molecular weight excluding hydrogens is 729 g/mol. The number of hydrogen-bond donors (Lipinski definition) is 0. The third kappa shape index (κ3) is 6.78. The maximum absolute atomic E-state index is 2.54. The van der Waals surface area contributed by atoms with Gasteiger partial charge in [-0.05, 0) is 133 Å². The molecule has 0 aliphatic carbocycles. The summed E-state index contributed by atoms with van der Waals surface area (Å²) >= 11 is 0. The van der Waals surface area contributed by atoms with Crippen molar-refractivity contribution in [2.75, 3.05) is 9.80 Å². The van der Waals surface area contributed by atoms with Gasteiger partial charge in [0.2, 0.25) is 0 Å². The molecule has 0 spiro atoms. The molecule has 0 fully saturated rings. The number of anilines is 6. The topological polar surface area (TPSA) is 16.3 Å². The molecule has 4 nitrogen and oxygen atoms in total. The van der Waals surface area contributed by atoms with Gasteiger partial charge in [-0.1, -0.05) is 112 Å². The van der Waals surface area contributed by atoms with E-state index in [0.29, 0.717) is 0 Å². The van der Waals surface area contributed by atoms with Gasteiger partial charge in [-0.3, -0.25) is 0 Å². The van der Waals surface area contributed by atoms with Crippen LogP contribution in [-0.2, 0) is 13.1 Å². The van der Waals surface area contributed by atoms with Gasteiger partial charge in [-0.15, -0.1) is 0 Å². The van der Waals surface area contributed by atoms with Gasteiger partial charge in [0.05, 0.1) is 0 Å². The van der Waals surface area contributed by atoms with Crippen LogP contribution in [0.15, 0.2) is 194 Å². The number of aromatic nitrogens is 2. The van der Waals surface area contributed by atoms with Crippen molar-refractivity contribution in [2.45, 2.75) is 52.6 Å². The van der Waals surface area contributed by atoms with Crippen LogP contribution in [0, 0.1) is 0 Å². The summed E-state index contributed by atoms with van der Waals surface area (Å²) in [5.41, 5.74) is 14.5. The minimum Gasteiger partial charge on any atom is -0.340 e. The maximum atomic E-state index is 2.54. The number of rotatable bonds is 13. The molecule has 0 unspecified atom stereocenters. The van der Waals surface area contributed by atoms with Crippen molar-refractivity contribution >= 4 is 77.7 Å². The Morgan fingerprint density at radius 3 is 0.933 bits per heavy atom. The van der Waals surface area contributed by atoms with Crippen molar-refractivity contribution in [1.82, 2.24) is 9.13 Å². The van der Waals surface area contributed by atoms with E-state index in [1.54, 1.807) is 0 Å². The Hall–Kier alpha value is -7.04. The van der Waals surface area contributed by atoms with E-state index >= 15 is 0 Å². The molecule has 0 saturated carbocycles. The zero-order valence-electron chi connectivity index (χ0n) is 34.5. The Kier molecular flexibility index (Phi) is 10.1. The fourth-order valence-electron chi connectivity index (χ4n) is 9.14. The Morgan fingerprint density at radius 2 is 0.617 bits per heavy atom. The van der Waals surface area contributed by atoms with E-state index in [0.717, 1.165) is 72.9 Å². The van der Waals surface area contributed by atoms with Gasteiger partial charge in [-0.25, -0.2) is 0 Å². The standard InChI is InChI=1S/C56H50N4/c1-3-5-35-57-53-31-27-41(37-49(53)51-39-47(29-33-55(51)57)59(43-19-11-7-12-20-43)44-21-13-8-14-22-44)42-28-32-54-50(38-42)52-40-48(30-34-56(52)58(54)36-6-4-2)60(45-23-15-9-16-24-45)46-25-17-10-18-26-46/h7-34,37-40H,3-6,35-36H2,1-2H3. The van der Waals surface area contributed by atoms with Gasteiger partial charge in [0.1, 0.15) is 0 Å². The number of hydrogen-bond acceptors (Lipinski definition) is 2. The first-order valence-electron chi connectivity index (χ1n) is 21.6. The van der Waals surface area contributed by atoms with Crippen LogP contribution < -0.4 is 9.80 Å². The van der Waals surface area contributed by atoms with E-state index in [9.17, 15) is 0 Å². The van der Waals surface area contributed by atoms with Crippen LogP contribution in [0.25, 0.3) is 54.7 Å². The average Bonchev–Trinajstić information content (AvgIpc) is 3.79. The Balaban J connectivity index is 1.14. The van der Waals surface area contributed by atoms with Crippen molar-refractivity contribution in [2.24, 2.45) is 0 Å². The molecule has 294 valence electrons. The monoisotopic (exact) mass is 778 g/mol. The van der Waals surface area contributed by atoms with Crippen molar-refractivity contribution in [3.05, 3.63) is 194 Å². The minimum atomic E-state index is 0.991. The van der Waals surface area contributed by atoms with Gasteiger partial charge in [0.15, 0.2) is 0 Å². The molecule has 10 rings (SSSR count). The number of nitrogens with zero attached hydrogens (tertiary/aromatic N) is 4. The first-order chi connectivity index (χ1) is 29.7. The van der Waals surface area contributed by atoms with E-state index in [1.165, 1.54) is 54.7 Å². The minimum absolute atomic E-state index is 0.991. The highest BCUT2D eigenvalue weighted by Crippen LogP contribution is 2.42. The van der Waals surface area contributed by atoms with Crippen LogP contribution in [0.5, 0.6) is 0 Å². The first kappa shape index (κ1) is 37.2. The highest BCUT2D eigenvalue weighted by Gasteiger charge is 2.20. The quantitative estimate of drug-likeness (QED) is 0.116. The lowest BCUT2D eigenvalue weighted by Crippen LogP contribution is -2.09. The second kappa shape index (κ2) is 16.3. The van der Waals surface area contributed by atoms with Crippen molar-refractivity contribution < 1.29 is 0 Å². The second-order valence-electron chi connectivity index (χ2n) is 15.9. The van der Waals surface area contributed by atoms with Gasteiger partial charge in [-0.2, -0.15) is 0 Å². The molecule has 0 bridgehead atoms. The highest BCUT2D eigenvalue weighted by molar-refractivity contribution is 6.13. The molecule has 2 heterocycles. The van der Waals surface area contributed by atoms with Crippen LogP contribution in [0.2, 0.25) is 0 Å². The Morgan fingerprint density at radius 1 is 0.317 bits per heavy atom. The van der Waals surface area contributed by atoms with Crippen LogP contribution in [-0.4, -0.2) is 9.13 Å². The van der Waals surface area contributed by atoms with E-state index in [-0.39, 0.29) is 0 Å². The molecule has 0 radical (unpaired) electrons. The fraction of sp³-hybridized carbons (Fsp3) is 0.143. The lowest BCUT2D eigenvalue weighted by Gasteiger charge is -2.25. The summed E-state index contributed by atoms with van der Waals surface area (Å²) in [7, 11) is 0. The van der Waals surface area contributed by atoms with E-state index in [4.69, 9.17) is 0 Å². The highest BCUT2D eigenvalue weighted by atomic mass is 15.1. The van der Waals surface area contributed by atoms with Gasteiger partial charge in [0, 0.05) is 90.8 Å². The smallest absolute Gasteiger partial charge is 0.0492 e. The maximum Gasteiger partial charge on any atom is 0.0492 e. The molecule has 0 aliphatic rings. The normalized spacial score (nSPS) is 11.6. The van der Waals surface area contributed by atoms with E-state index in [1.807, 2.05) is 0 Å². The predicted molar refractivity (Wildman–Crippen MR) is 257 cm³/mol. The molecule has 0 N–H and O–H groups in total. The molecule has 8 aromatic carbocycles. The Bertz CT molecular complexity index is 2770. The summed E-state index contributed by atoms with van der Waals surface area (Å²) < 4.78 is 5.07. The summed E-state index contributed by atoms with van der Waals surface area (Å²) in [5, 5.41) is 5.13. The molecule has 60 heavy (non-hydrogen) atoms. The SMILES string of the molecule is CCCCn1c2ccc(-c3ccc4c(c3)c3cc(N(c5ccccc5)c5ccccc5)ccc3n4CCCC)cc2c2cc(N(c3ccccc3)c3ccccc3)ccc21. The van der Waals surface area contributed by atoms with Crippen LogP contribution in [0.3, 0.4) is 0 Å². The zero-order valence-corrected chi connectivity index (χ0v) is 34.5. The Labute approximate surface area is 353 Å². The van der Waals surface area contributed by atoms with E-state index in [2.05, 4.69) is 227 Å². The molecule has 4 heteroatoms. The van der Waals surface area contributed by atoms with Gasteiger partial charge < -0.3 is 18.9 Å². The van der Waals surface area contributed by atoms with Gasteiger partial charge in [0.25, 0.3) is 0 Å². The number of unbranched alkanes of at least 4 members (excludes halogenated alkanes) is 2. The summed E-state index contributed by atoms with van der Waals surface area (Å²) in [6.07, 6.45) is 4.56. The van der Waals surface area contributed by atoms with Crippen molar-refractivity contribution in [3.8, 4) is 11.1 Å². The van der Waals surface area contributed by atoms with Crippen molar-refractivity contribution in [1.29, 1.82) is 0 Å². The lowest BCUT2D eigenvalue weighted by molar-refractivity contribution is 0.665. The predicted octanol–water partition coefficient (Wildman–Crippen LogP) is 16.1. The fourth-order valence-corrected chi connectivity index (χ4v) is 9.14. The third-order valence-corrected chi connectivity index (χ3v) is 12.1. The molecule has 0 atom stereocenters. The summed E-state index contributed by atoms with van der Waals surface area (Å²) in [5.74, 6) is 0. The molecule has 2 aromatic heterocycles. The molecule has 0 saturated heterocycles. The van der Waals surface area contributed by atoms with Gasteiger partial charge >= 0.3 is 0 Å². The summed E-state index contributed by atoms with van der Waals surface area (Å²) in [6.45, 7) is 6.54. The van der Waals surface area contributed by atoms with Crippen LogP contribution in [0.4, 0.5) is 34.1 Å². The van der Waals surface area contributed by atoms with Crippen molar-refractivity contribution in [3.63, 3.8) is 0 Å². The number of para-hydroxylation sites is 4. The summed E-state index contributed by atoms with van der Waals surface area (Å²) in [6, 6.07) is 71.2. The molecular formula is C56H50N4. The van der Waals surface area contributed by atoms with Crippen LogP contribution >= 0.6 is 0 Å². The number of aryl methyl sites for hydroxylation is 2. The third-order valence-electron chi connectivity index (χ3n) is 12.1. The largest absolute Gasteiger partial charge is 0.340 e. The average molecular weight is 779 g/mol. The van der Waals surface area contributed by atoms with Crippen LogP contribution in [0.1, 0.15) is 39.5 Å². The molecule has 10 aromatic rings. The summed E-state index contributed by atoms with van der Waals surface area (Å²) in [4.78, 5) is 4.73. The van der Waals surface area contributed by atoms with E-state index < -0.39 is 0 Å².